The van der Waals surface area contributed by atoms with E-state index in [0.29, 0.717) is 12.1 Å². The number of hydrogen-bond acceptors (Lipinski definition) is 4. The van der Waals surface area contributed by atoms with Gasteiger partial charge in [-0.25, -0.2) is 0 Å². The van der Waals surface area contributed by atoms with Crippen LogP contribution in [-0.2, 0) is 4.79 Å². The van der Waals surface area contributed by atoms with Crippen molar-refractivity contribution in [3.8, 4) is 0 Å². The van der Waals surface area contributed by atoms with Crippen LogP contribution in [0.5, 0.6) is 0 Å². The number of aryl methyl sites for hydroxylation is 1. The summed E-state index contributed by atoms with van der Waals surface area (Å²) in [7, 11) is 0. The van der Waals surface area contributed by atoms with E-state index in [9.17, 15) is 14.9 Å². The van der Waals surface area contributed by atoms with Crippen molar-refractivity contribution in [1.29, 1.82) is 0 Å². The lowest BCUT2D eigenvalue weighted by molar-refractivity contribution is -0.384. The normalized spacial score (nSPS) is 13.6. The zero-order valence-corrected chi connectivity index (χ0v) is 11.3. The summed E-state index contributed by atoms with van der Waals surface area (Å²) < 4.78 is 0. The molecule has 0 bridgehead atoms. The number of nitro benzene ring substituents is 1. The van der Waals surface area contributed by atoms with E-state index in [1.54, 1.807) is 26.0 Å². The molecule has 6 heteroatoms. The fraction of sp³-hybridized carbons (Fsp3) is 0.462. The van der Waals surface area contributed by atoms with Crippen LogP contribution in [-0.4, -0.2) is 22.5 Å². The summed E-state index contributed by atoms with van der Waals surface area (Å²) in [6, 6.07) is 4.72. The second kappa shape index (κ2) is 5.69. The molecular formula is C13H18N2O4. The van der Waals surface area contributed by atoms with Gasteiger partial charge in [0, 0.05) is 12.6 Å². The Bertz CT molecular complexity index is 501. The number of aliphatic carboxylic acids is 1. The molecular weight excluding hydrogens is 248 g/mol. The maximum atomic E-state index is 11.2. The lowest BCUT2D eigenvalue weighted by atomic mass is 9.87. The van der Waals surface area contributed by atoms with E-state index in [1.165, 1.54) is 6.07 Å². The van der Waals surface area contributed by atoms with Crippen molar-refractivity contribution >= 4 is 17.3 Å². The maximum absolute atomic E-state index is 11.2. The Morgan fingerprint density at radius 2 is 2.16 bits per heavy atom. The molecule has 2 N–H and O–H groups in total. The van der Waals surface area contributed by atoms with Gasteiger partial charge in [-0.3, -0.25) is 14.9 Å². The quantitative estimate of drug-likeness (QED) is 0.610. The predicted molar refractivity (Wildman–Crippen MR) is 72.4 cm³/mol. The van der Waals surface area contributed by atoms with Gasteiger partial charge in [-0.15, -0.1) is 0 Å². The molecule has 0 heterocycles. The van der Waals surface area contributed by atoms with Gasteiger partial charge in [0.1, 0.15) is 5.69 Å². The Morgan fingerprint density at radius 1 is 1.53 bits per heavy atom. The van der Waals surface area contributed by atoms with Crippen LogP contribution in [0.1, 0.15) is 25.8 Å². The van der Waals surface area contributed by atoms with Gasteiger partial charge in [0.15, 0.2) is 0 Å². The van der Waals surface area contributed by atoms with Crippen molar-refractivity contribution in [2.24, 2.45) is 5.41 Å². The van der Waals surface area contributed by atoms with Gasteiger partial charge in [0.05, 0.1) is 10.3 Å². The smallest absolute Gasteiger partial charge is 0.311 e. The Kier molecular flexibility index (Phi) is 4.47. The van der Waals surface area contributed by atoms with Crippen LogP contribution in [0.15, 0.2) is 18.2 Å². The average molecular weight is 266 g/mol. The Balaban J connectivity index is 2.97. The second-order valence-corrected chi connectivity index (χ2v) is 4.85. The number of hydrogen-bond donors (Lipinski definition) is 2. The number of anilines is 1. The number of nitrogens with one attached hydrogen (secondary N) is 1. The first-order valence-electron chi connectivity index (χ1n) is 6.02. The highest BCUT2D eigenvalue weighted by molar-refractivity contribution is 5.75. The minimum absolute atomic E-state index is 0.0468. The summed E-state index contributed by atoms with van der Waals surface area (Å²) in [4.78, 5) is 21.6. The summed E-state index contributed by atoms with van der Waals surface area (Å²) in [5.74, 6) is -0.919. The van der Waals surface area contributed by atoms with Crippen LogP contribution in [0.4, 0.5) is 11.4 Å². The van der Waals surface area contributed by atoms with Crippen molar-refractivity contribution in [3.05, 3.63) is 33.9 Å². The van der Waals surface area contributed by atoms with Crippen molar-refractivity contribution in [2.75, 3.05) is 11.9 Å². The van der Waals surface area contributed by atoms with Crippen LogP contribution in [0.3, 0.4) is 0 Å². The monoisotopic (exact) mass is 266 g/mol. The summed E-state index contributed by atoms with van der Waals surface area (Å²) in [5, 5.41) is 23.0. The molecule has 1 unspecified atom stereocenters. The van der Waals surface area contributed by atoms with Crippen molar-refractivity contribution in [3.63, 3.8) is 0 Å². The molecule has 0 aliphatic carbocycles. The van der Waals surface area contributed by atoms with Crippen LogP contribution in [0.25, 0.3) is 0 Å². The Labute approximate surface area is 111 Å². The van der Waals surface area contributed by atoms with Gasteiger partial charge < -0.3 is 10.4 Å². The highest BCUT2D eigenvalue weighted by atomic mass is 16.6. The largest absolute Gasteiger partial charge is 0.481 e. The molecule has 0 radical (unpaired) electrons. The van der Waals surface area contributed by atoms with Gasteiger partial charge in [-0.05, 0) is 31.9 Å². The zero-order valence-electron chi connectivity index (χ0n) is 11.3. The summed E-state index contributed by atoms with van der Waals surface area (Å²) in [5.41, 5.74) is 0.236. The highest BCUT2D eigenvalue weighted by Gasteiger charge is 2.31. The maximum Gasteiger partial charge on any atom is 0.311 e. The van der Waals surface area contributed by atoms with Crippen LogP contribution >= 0.6 is 0 Å². The minimum atomic E-state index is -0.947. The second-order valence-electron chi connectivity index (χ2n) is 4.85. The first-order valence-corrected chi connectivity index (χ1v) is 6.02. The molecule has 19 heavy (non-hydrogen) atoms. The molecule has 0 aromatic heterocycles. The molecule has 0 fully saturated rings. The number of nitro groups is 1. The molecule has 0 saturated heterocycles. The molecule has 0 amide bonds. The molecule has 1 rings (SSSR count). The van der Waals surface area contributed by atoms with Gasteiger partial charge in [0.2, 0.25) is 0 Å². The van der Waals surface area contributed by atoms with Gasteiger partial charge in [-0.2, -0.15) is 0 Å². The van der Waals surface area contributed by atoms with Gasteiger partial charge in [0.25, 0.3) is 5.69 Å². The van der Waals surface area contributed by atoms with E-state index < -0.39 is 16.3 Å². The summed E-state index contributed by atoms with van der Waals surface area (Å²) >= 11 is 0. The third-order valence-corrected chi connectivity index (χ3v) is 3.31. The average Bonchev–Trinajstić information content (AvgIpc) is 2.35. The topological polar surface area (TPSA) is 92.5 Å². The molecule has 6 nitrogen and oxygen atoms in total. The number of carboxylic acids is 1. The highest BCUT2D eigenvalue weighted by Crippen LogP contribution is 2.28. The number of nitrogens with zero attached hydrogens (tertiary/aromatic N) is 1. The van der Waals surface area contributed by atoms with E-state index in [0.717, 1.165) is 5.56 Å². The van der Waals surface area contributed by atoms with Crippen LogP contribution < -0.4 is 5.32 Å². The molecule has 0 saturated carbocycles. The molecule has 0 aliphatic rings. The van der Waals surface area contributed by atoms with E-state index in [4.69, 9.17) is 5.11 Å². The summed E-state index contributed by atoms with van der Waals surface area (Å²) in [6.45, 7) is 5.36. The van der Waals surface area contributed by atoms with Gasteiger partial charge >= 0.3 is 5.97 Å². The molecule has 1 atom stereocenters. The fourth-order valence-corrected chi connectivity index (χ4v) is 1.59. The molecule has 0 aliphatic heterocycles. The lowest BCUT2D eigenvalue weighted by Gasteiger charge is -2.23. The van der Waals surface area contributed by atoms with E-state index in [1.807, 2.05) is 6.92 Å². The van der Waals surface area contributed by atoms with E-state index in [2.05, 4.69) is 5.32 Å². The third kappa shape index (κ3) is 3.43. The van der Waals surface area contributed by atoms with Gasteiger partial charge in [-0.1, -0.05) is 13.0 Å². The Hall–Kier alpha value is -2.11. The molecule has 0 spiro atoms. The predicted octanol–water partition coefficient (Wildman–Crippen LogP) is 2.82. The van der Waals surface area contributed by atoms with Crippen molar-refractivity contribution < 1.29 is 14.8 Å². The van der Waals surface area contributed by atoms with Crippen molar-refractivity contribution in [2.45, 2.75) is 27.2 Å². The minimum Gasteiger partial charge on any atom is -0.481 e. The molecule has 1 aromatic rings. The van der Waals surface area contributed by atoms with Crippen molar-refractivity contribution in [1.82, 2.24) is 0 Å². The molecule has 1 aromatic carbocycles. The van der Waals surface area contributed by atoms with E-state index >= 15 is 0 Å². The van der Waals surface area contributed by atoms with E-state index in [-0.39, 0.29) is 12.2 Å². The molecule has 104 valence electrons. The van der Waals surface area contributed by atoms with Crippen LogP contribution in [0, 0.1) is 22.5 Å². The number of carboxylic acid groups (broad SMARTS) is 1. The Morgan fingerprint density at radius 3 is 2.63 bits per heavy atom. The van der Waals surface area contributed by atoms with Crippen LogP contribution in [0.2, 0.25) is 0 Å². The number of rotatable bonds is 6. The SMILES string of the molecule is CCC(C)(CNc1cc(C)ccc1[N+](=O)[O-])C(=O)O. The standard InChI is InChI=1S/C13H18N2O4/c1-4-13(3,12(16)17)8-14-10-7-9(2)5-6-11(10)15(18)19/h5-7,14H,4,8H2,1-3H3,(H,16,17). The fourth-order valence-electron chi connectivity index (χ4n) is 1.59. The first kappa shape index (κ1) is 14.9. The number of benzene rings is 1. The number of carbonyl (C=O) groups is 1. The first-order chi connectivity index (χ1) is 8.80. The lowest BCUT2D eigenvalue weighted by Crippen LogP contribution is -2.34. The zero-order chi connectivity index (χ0) is 14.6. The summed E-state index contributed by atoms with van der Waals surface area (Å²) in [6.07, 6.45) is 0.439. The third-order valence-electron chi connectivity index (χ3n) is 3.31.